The van der Waals surface area contributed by atoms with E-state index in [9.17, 15) is 9.59 Å². The zero-order valence-corrected chi connectivity index (χ0v) is 16.5. The maximum atomic E-state index is 12.4. The molecule has 3 rings (SSSR count). The summed E-state index contributed by atoms with van der Waals surface area (Å²) in [4.78, 5) is 31.0. The number of amides is 1. The fourth-order valence-corrected chi connectivity index (χ4v) is 2.71. The normalized spacial score (nSPS) is 10.9. The average molecular weight is 395 g/mol. The van der Waals surface area contributed by atoms with Crippen LogP contribution < -0.4 is 20.3 Å². The van der Waals surface area contributed by atoms with Gasteiger partial charge in [0.15, 0.2) is 11.5 Å². The minimum absolute atomic E-state index is 0.224. The van der Waals surface area contributed by atoms with Gasteiger partial charge in [-0.1, -0.05) is 6.07 Å². The molecule has 2 N–H and O–H groups in total. The standard InChI is InChI=1S/C20H21N5O4/c1-12-10-19(27)23-20(21-12)25-17(9-13(2)24-25)22-18(26)8-6-14-5-7-15(28-3)16(11-14)29-4/h5-11H,1-4H3,(H,22,26)(H,21,23,27)/b8-6+. The zero-order chi connectivity index (χ0) is 21.0. The van der Waals surface area contributed by atoms with E-state index < -0.39 is 0 Å². The fourth-order valence-electron chi connectivity index (χ4n) is 2.71. The van der Waals surface area contributed by atoms with Gasteiger partial charge in [-0.2, -0.15) is 9.78 Å². The van der Waals surface area contributed by atoms with E-state index in [1.807, 2.05) is 0 Å². The smallest absolute Gasteiger partial charge is 0.252 e. The minimum Gasteiger partial charge on any atom is -0.493 e. The molecule has 1 amide bonds. The van der Waals surface area contributed by atoms with Crippen LogP contribution in [0.15, 0.2) is 41.2 Å². The van der Waals surface area contributed by atoms with Crippen molar-refractivity contribution in [2.24, 2.45) is 0 Å². The predicted molar refractivity (Wildman–Crippen MR) is 109 cm³/mol. The van der Waals surface area contributed by atoms with Crippen molar-refractivity contribution < 1.29 is 14.3 Å². The Balaban J connectivity index is 1.81. The number of nitrogens with one attached hydrogen (secondary N) is 2. The van der Waals surface area contributed by atoms with Crippen molar-refractivity contribution in [2.45, 2.75) is 13.8 Å². The molecule has 29 heavy (non-hydrogen) atoms. The van der Waals surface area contributed by atoms with Gasteiger partial charge in [0.25, 0.3) is 5.56 Å². The van der Waals surface area contributed by atoms with Gasteiger partial charge in [0, 0.05) is 23.9 Å². The van der Waals surface area contributed by atoms with Crippen LogP contribution in [-0.4, -0.2) is 39.9 Å². The van der Waals surface area contributed by atoms with E-state index in [4.69, 9.17) is 9.47 Å². The zero-order valence-electron chi connectivity index (χ0n) is 16.5. The molecule has 9 nitrogen and oxygen atoms in total. The number of benzene rings is 1. The van der Waals surface area contributed by atoms with Crippen LogP contribution in [0.1, 0.15) is 17.0 Å². The molecule has 0 atom stereocenters. The van der Waals surface area contributed by atoms with Gasteiger partial charge in [-0.25, -0.2) is 4.98 Å². The number of ether oxygens (including phenoxy) is 2. The molecular weight excluding hydrogens is 374 g/mol. The van der Waals surface area contributed by atoms with Gasteiger partial charge in [-0.15, -0.1) is 0 Å². The van der Waals surface area contributed by atoms with Gasteiger partial charge < -0.3 is 14.8 Å². The van der Waals surface area contributed by atoms with Gasteiger partial charge in [-0.05, 0) is 37.6 Å². The van der Waals surface area contributed by atoms with Crippen molar-refractivity contribution >= 4 is 17.8 Å². The van der Waals surface area contributed by atoms with Crippen LogP contribution in [0, 0.1) is 13.8 Å². The molecule has 9 heteroatoms. The van der Waals surface area contributed by atoms with Crippen LogP contribution in [0.4, 0.5) is 5.82 Å². The average Bonchev–Trinajstić information content (AvgIpc) is 3.05. The number of methoxy groups -OCH3 is 2. The van der Waals surface area contributed by atoms with Crippen molar-refractivity contribution in [1.82, 2.24) is 19.7 Å². The lowest BCUT2D eigenvalue weighted by Crippen LogP contribution is -2.17. The molecule has 0 bridgehead atoms. The quantitative estimate of drug-likeness (QED) is 0.619. The lowest BCUT2D eigenvalue weighted by Gasteiger charge is -2.08. The maximum Gasteiger partial charge on any atom is 0.252 e. The molecule has 3 aromatic rings. The number of rotatable bonds is 6. The number of hydrogen-bond acceptors (Lipinski definition) is 6. The molecular formula is C20H21N5O4. The van der Waals surface area contributed by atoms with E-state index in [1.165, 1.54) is 16.8 Å². The first-order valence-electron chi connectivity index (χ1n) is 8.75. The second-order valence-corrected chi connectivity index (χ2v) is 6.23. The summed E-state index contributed by atoms with van der Waals surface area (Å²) in [5.74, 6) is 1.42. The predicted octanol–water partition coefficient (Wildman–Crippen LogP) is 2.24. The number of H-pyrrole nitrogens is 1. The van der Waals surface area contributed by atoms with E-state index in [0.717, 1.165) is 5.56 Å². The Morgan fingerprint density at radius 2 is 1.86 bits per heavy atom. The molecule has 0 saturated carbocycles. The van der Waals surface area contributed by atoms with Crippen molar-refractivity contribution in [3.8, 4) is 17.4 Å². The lowest BCUT2D eigenvalue weighted by molar-refractivity contribution is -0.111. The summed E-state index contributed by atoms with van der Waals surface area (Å²) in [7, 11) is 3.10. The SMILES string of the molecule is COc1ccc(/C=C/C(=O)Nc2cc(C)nn2-c2nc(C)cc(=O)[nH]2)cc1OC. The van der Waals surface area contributed by atoms with Crippen molar-refractivity contribution in [2.75, 3.05) is 19.5 Å². The first kappa shape index (κ1) is 19.9. The third-order valence-corrected chi connectivity index (χ3v) is 3.98. The second-order valence-electron chi connectivity index (χ2n) is 6.23. The Morgan fingerprint density at radius 3 is 2.55 bits per heavy atom. The Hall–Kier alpha value is -3.88. The molecule has 0 spiro atoms. The monoisotopic (exact) mass is 395 g/mol. The van der Waals surface area contributed by atoms with Crippen LogP contribution in [0.2, 0.25) is 0 Å². The highest BCUT2D eigenvalue weighted by Gasteiger charge is 2.12. The van der Waals surface area contributed by atoms with Crippen molar-refractivity contribution in [1.29, 1.82) is 0 Å². The Morgan fingerprint density at radius 1 is 1.10 bits per heavy atom. The third kappa shape index (κ3) is 4.70. The fraction of sp³-hybridized carbons (Fsp3) is 0.200. The summed E-state index contributed by atoms with van der Waals surface area (Å²) in [5.41, 5.74) is 1.68. The van der Waals surface area contributed by atoms with E-state index in [1.54, 1.807) is 58.4 Å². The van der Waals surface area contributed by atoms with E-state index in [2.05, 4.69) is 20.4 Å². The van der Waals surface area contributed by atoms with Crippen LogP contribution in [0.3, 0.4) is 0 Å². The topological polar surface area (TPSA) is 111 Å². The first-order chi connectivity index (χ1) is 13.9. The third-order valence-electron chi connectivity index (χ3n) is 3.98. The van der Waals surface area contributed by atoms with E-state index in [0.29, 0.717) is 28.7 Å². The van der Waals surface area contributed by atoms with Crippen molar-refractivity contribution in [3.63, 3.8) is 0 Å². The maximum absolute atomic E-state index is 12.4. The van der Waals surface area contributed by atoms with Crippen LogP contribution in [-0.2, 0) is 4.79 Å². The lowest BCUT2D eigenvalue weighted by atomic mass is 10.2. The number of aryl methyl sites for hydroxylation is 2. The molecule has 0 fully saturated rings. The highest BCUT2D eigenvalue weighted by atomic mass is 16.5. The van der Waals surface area contributed by atoms with Gasteiger partial charge in [0.05, 0.1) is 19.9 Å². The van der Waals surface area contributed by atoms with Crippen LogP contribution >= 0.6 is 0 Å². The molecule has 150 valence electrons. The van der Waals surface area contributed by atoms with Gasteiger partial charge in [0.2, 0.25) is 11.9 Å². The number of nitrogens with zero attached hydrogens (tertiary/aromatic N) is 3. The molecule has 0 aliphatic heterocycles. The van der Waals surface area contributed by atoms with Gasteiger partial charge in [0.1, 0.15) is 5.82 Å². The summed E-state index contributed by atoms with van der Waals surface area (Å²) in [6.45, 7) is 3.48. The number of hydrogen-bond donors (Lipinski definition) is 2. The van der Waals surface area contributed by atoms with Gasteiger partial charge >= 0.3 is 0 Å². The number of aromatic amines is 1. The van der Waals surface area contributed by atoms with Gasteiger partial charge in [-0.3, -0.25) is 14.6 Å². The molecule has 0 radical (unpaired) electrons. The minimum atomic E-state index is -0.365. The molecule has 1 aromatic carbocycles. The summed E-state index contributed by atoms with van der Waals surface area (Å²) in [6.07, 6.45) is 3.04. The largest absolute Gasteiger partial charge is 0.493 e. The summed E-state index contributed by atoms with van der Waals surface area (Å²) in [6, 6.07) is 8.39. The van der Waals surface area contributed by atoms with E-state index in [-0.39, 0.29) is 17.4 Å². The Labute approximate surface area is 167 Å². The number of aromatic nitrogens is 4. The molecule has 2 heterocycles. The van der Waals surface area contributed by atoms with Crippen LogP contribution in [0.25, 0.3) is 12.0 Å². The summed E-state index contributed by atoms with van der Waals surface area (Å²) >= 11 is 0. The molecule has 2 aromatic heterocycles. The second kappa shape index (κ2) is 8.42. The molecule has 0 saturated heterocycles. The number of carbonyl (C=O) groups is 1. The number of carbonyl (C=O) groups excluding carboxylic acids is 1. The molecule has 0 aliphatic rings. The van der Waals surface area contributed by atoms with Crippen LogP contribution in [0.5, 0.6) is 11.5 Å². The highest BCUT2D eigenvalue weighted by Crippen LogP contribution is 2.28. The first-order valence-corrected chi connectivity index (χ1v) is 8.75. The molecule has 0 aliphatic carbocycles. The Kier molecular flexibility index (Phi) is 5.77. The summed E-state index contributed by atoms with van der Waals surface area (Å²) in [5, 5.41) is 7.04. The summed E-state index contributed by atoms with van der Waals surface area (Å²) < 4.78 is 11.8. The van der Waals surface area contributed by atoms with E-state index >= 15 is 0 Å². The van der Waals surface area contributed by atoms with Crippen molar-refractivity contribution in [3.05, 3.63) is 63.7 Å². The molecule has 0 unspecified atom stereocenters. The Bertz CT molecular complexity index is 1130. The highest BCUT2D eigenvalue weighted by molar-refractivity contribution is 6.01. The number of anilines is 1.